The number of aliphatic imine (C=N–C) groups is 1. The van der Waals surface area contributed by atoms with Gasteiger partial charge in [-0.15, -0.1) is 0 Å². The van der Waals surface area contributed by atoms with Crippen molar-refractivity contribution in [3.05, 3.63) is 59.4 Å². The number of benzene rings is 1. The minimum atomic E-state index is 0.253. The van der Waals surface area contributed by atoms with Crippen molar-refractivity contribution in [2.75, 3.05) is 40.8 Å². The highest BCUT2D eigenvalue weighted by Gasteiger charge is 2.20. The summed E-state index contributed by atoms with van der Waals surface area (Å²) in [5.74, 6) is 0.981. The molecule has 0 amide bonds. The zero-order chi connectivity index (χ0) is 19.9. The third kappa shape index (κ3) is 5.23. The van der Waals surface area contributed by atoms with Gasteiger partial charge >= 0.3 is 0 Å². The van der Waals surface area contributed by atoms with Gasteiger partial charge in [-0.3, -0.25) is 9.67 Å². The van der Waals surface area contributed by atoms with Crippen LogP contribution in [0.4, 0.5) is 0 Å². The summed E-state index contributed by atoms with van der Waals surface area (Å²) in [5.41, 5.74) is 4.01. The number of nitrogens with zero attached hydrogens (tertiary/aromatic N) is 5. The fourth-order valence-electron chi connectivity index (χ4n) is 3.67. The van der Waals surface area contributed by atoms with Gasteiger partial charge in [0.05, 0.1) is 12.2 Å². The molecular formula is C22H32N6. The second-order valence-electron chi connectivity index (χ2n) is 7.56. The van der Waals surface area contributed by atoms with Gasteiger partial charge in [-0.2, -0.15) is 5.10 Å². The van der Waals surface area contributed by atoms with Gasteiger partial charge in [0.2, 0.25) is 0 Å². The number of aryl methyl sites for hydroxylation is 1. The second kappa shape index (κ2) is 9.55. The van der Waals surface area contributed by atoms with E-state index in [9.17, 15) is 0 Å². The maximum absolute atomic E-state index is 4.52. The third-order valence-electron chi connectivity index (χ3n) is 5.27. The van der Waals surface area contributed by atoms with Gasteiger partial charge < -0.3 is 15.1 Å². The topological polar surface area (TPSA) is 48.7 Å². The van der Waals surface area contributed by atoms with Crippen LogP contribution in [-0.4, -0.2) is 66.3 Å². The number of hydrogen-bond acceptors (Lipinski definition) is 3. The molecule has 6 heteroatoms. The summed E-state index contributed by atoms with van der Waals surface area (Å²) in [6.45, 7) is 2.80. The Bertz CT molecular complexity index is 795. The molecule has 2 aromatic rings. The van der Waals surface area contributed by atoms with Crippen LogP contribution in [0.15, 0.2) is 53.3 Å². The first-order valence-electron chi connectivity index (χ1n) is 9.92. The van der Waals surface area contributed by atoms with Crippen molar-refractivity contribution < 1.29 is 0 Å². The highest BCUT2D eigenvalue weighted by atomic mass is 15.3. The van der Waals surface area contributed by atoms with Crippen molar-refractivity contribution in [3.63, 3.8) is 0 Å². The van der Waals surface area contributed by atoms with Gasteiger partial charge in [0.25, 0.3) is 0 Å². The standard InChI is InChI=1S/C22H32N6/c1-23-22(24-16-21(26(2)3)20-15-25-27(4)17-20)28-12-10-19(11-13-28)14-18-8-6-5-7-9-18/h5-9,14-15,17,21H,10-13,16H2,1-4H3,(H,23,24). The summed E-state index contributed by atoms with van der Waals surface area (Å²) in [7, 11) is 8.02. The monoisotopic (exact) mass is 380 g/mol. The molecule has 0 spiro atoms. The minimum absolute atomic E-state index is 0.253. The zero-order valence-electron chi connectivity index (χ0n) is 17.5. The molecular weight excluding hydrogens is 348 g/mol. The lowest BCUT2D eigenvalue weighted by atomic mass is 10.0. The molecule has 6 nitrogen and oxygen atoms in total. The first kappa shape index (κ1) is 20.1. The number of nitrogens with one attached hydrogen (secondary N) is 1. The van der Waals surface area contributed by atoms with Crippen LogP contribution in [0.1, 0.15) is 30.0 Å². The van der Waals surface area contributed by atoms with Crippen LogP contribution in [0.5, 0.6) is 0 Å². The Kier molecular flexibility index (Phi) is 6.87. The van der Waals surface area contributed by atoms with Crippen LogP contribution in [-0.2, 0) is 7.05 Å². The number of rotatable bonds is 5. The quantitative estimate of drug-likeness (QED) is 0.640. The van der Waals surface area contributed by atoms with E-state index in [2.05, 4.69) is 81.9 Å². The first-order chi connectivity index (χ1) is 13.6. The zero-order valence-corrected chi connectivity index (χ0v) is 17.5. The summed E-state index contributed by atoms with van der Waals surface area (Å²) < 4.78 is 1.85. The molecule has 0 saturated carbocycles. The Morgan fingerprint density at radius 1 is 1.25 bits per heavy atom. The van der Waals surface area contributed by atoms with Crippen LogP contribution in [0, 0.1) is 0 Å². The Balaban J connectivity index is 1.56. The molecule has 0 radical (unpaired) electrons. The molecule has 0 bridgehead atoms. The average Bonchev–Trinajstić information content (AvgIpc) is 3.12. The maximum atomic E-state index is 4.52. The predicted molar refractivity (Wildman–Crippen MR) is 116 cm³/mol. The van der Waals surface area contributed by atoms with Crippen LogP contribution in [0.25, 0.3) is 6.08 Å². The molecule has 1 aromatic carbocycles. The number of likely N-dealkylation sites (tertiary alicyclic amines) is 1. The largest absolute Gasteiger partial charge is 0.354 e. The summed E-state index contributed by atoms with van der Waals surface area (Å²) in [6, 6.07) is 10.8. The molecule has 150 valence electrons. The molecule has 28 heavy (non-hydrogen) atoms. The van der Waals surface area contributed by atoms with Gasteiger partial charge in [-0.1, -0.05) is 42.0 Å². The van der Waals surface area contributed by atoms with Crippen molar-refractivity contribution in [2.45, 2.75) is 18.9 Å². The van der Waals surface area contributed by atoms with E-state index >= 15 is 0 Å². The van der Waals surface area contributed by atoms with E-state index in [1.165, 1.54) is 16.7 Å². The van der Waals surface area contributed by atoms with Crippen LogP contribution < -0.4 is 5.32 Å². The lowest BCUT2D eigenvalue weighted by Gasteiger charge is -2.33. The fraction of sp³-hybridized carbons (Fsp3) is 0.455. The fourth-order valence-corrected chi connectivity index (χ4v) is 3.67. The summed E-state index contributed by atoms with van der Waals surface area (Å²) in [5, 5.41) is 7.89. The lowest BCUT2D eigenvalue weighted by Crippen LogP contribution is -2.46. The number of aromatic nitrogens is 2. The molecule has 1 unspecified atom stereocenters. The molecule has 1 N–H and O–H groups in total. The Morgan fingerprint density at radius 2 is 1.96 bits per heavy atom. The Morgan fingerprint density at radius 3 is 2.54 bits per heavy atom. The Labute approximate surface area is 168 Å². The molecule has 3 rings (SSSR count). The van der Waals surface area contributed by atoms with E-state index in [4.69, 9.17) is 0 Å². The molecule has 1 atom stereocenters. The normalized spacial score (nSPS) is 16.4. The molecule has 1 aromatic heterocycles. The van der Waals surface area contributed by atoms with E-state index in [-0.39, 0.29) is 6.04 Å². The van der Waals surface area contributed by atoms with Crippen molar-refractivity contribution in [2.24, 2.45) is 12.0 Å². The highest BCUT2D eigenvalue weighted by Crippen LogP contribution is 2.20. The SMILES string of the molecule is CN=C(NCC(c1cnn(C)c1)N(C)C)N1CCC(=Cc2ccccc2)CC1. The average molecular weight is 381 g/mol. The van der Waals surface area contributed by atoms with E-state index in [0.717, 1.165) is 38.4 Å². The van der Waals surface area contributed by atoms with Crippen LogP contribution in [0.3, 0.4) is 0 Å². The molecule has 0 aliphatic carbocycles. The van der Waals surface area contributed by atoms with E-state index in [0.29, 0.717) is 0 Å². The number of guanidine groups is 1. The lowest BCUT2D eigenvalue weighted by molar-refractivity contribution is 0.292. The first-order valence-corrected chi connectivity index (χ1v) is 9.92. The van der Waals surface area contributed by atoms with E-state index < -0.39 is 0 Å². The van der Waals surface area contributed by atoms with Crippen LogP contribution >= 0.6 is 0 Å². The third-order valence-corrected chi connectivity index (χ3v) is 5.27. The van der Waals surface area contributed by atoms with E-state index in [1.54, 1.807) is 0 Å². The summed E-state index contributed by atoms with van der Waals surface area (Å²) in [6.07, 6.45) is 8.51. The molecule has 1 aliphatic rings. The minimum Gasteiger partial charge on any atom is -0.354 e. The summed E-state index contributed by atoms with van der Waals surface area (Å²) >= 11 is 0. The highest BCUT2D eigenvalue weighted by molar-refractivity contribution is 5.80. The summed E-state index contributed by atoms with van der Waals surface area (Å²) in [4.78, 5) is 9.10. The second-order valence-corrected chi connectivity index (χ2v) is 7.56. The number of likely N-dealkylation sites (N-methyl/N-ethyl adjacent to an activating group) is 1. The molecule has 2 heterocycles. The van der Waals surface area contributed by atoms with Crippen molar-refractivity contribution in [1.82, 2.24) is 24.9 Å². The number of hydrogen-bond donors (Lipinski definition) is 1. The number of piperidine rings is 1. The van der Waals surface area contributed by atoms with Gasteiger partial charge in [-0.05, 0) is 32.5 Å². The molecule has 1 saturated heterocycles. The Hall–Kier alpha value is -2.60. The van der Waals surface area contributed by atoms with Crippen molar-refractivity contribution >= 4 is 12.0 Å². The molecule has 1 fully saturated rings. The predicted octanol–water partition coefficient (Wildman–Crippen LogP) is 2.78. The van der Waals surface area contributed by atoms with Crippen molar-refractivity contribution in [1.29, 1.82) is 0 Å². The van der Waals surface area contributed by atoms with Crippen LogP contribution in [0.2, 0.25) is 0 Å². The maximum Gasteiger partial charge on any atom is 0.193 e. The van der Waals surface area contributed by atoms with Gasteiger partial charge in [-0.25, -0.2) is 0 Å². The van der Waals surface area contributed by atoms with E-state index in [1.807, 2.05) is 25.0 Å². The molecule has 1 aliphatic heterocycles. The van der Waals surface area contributed by atoms with Gasteiger partial charge in [0.1, 0.15) is 0 Å². The van der Waals surface area contributed by atoms with Crippen molar-refractivity contribution in [3.8, 4) is 0 Å². The van der Waals surface area contributed by atoms with Gasteiger partial charge in [0, 0.05) is 45.5 Å². The van der Waals surface area contributed by atoms with Gasteiger partial charge in [0.15, 0.2) is 5.96 Å². The smallest absolute Gasteiger partial charge is 0.193 e.